The van der Waals surface area contributed by atoms with E-state index in [1.807, 2.05) is 132 Å². The fourth-order valence-electron chi connectivity index (χ4n) is 5.15. The molecule has 2 amide bonds. The molecule has 6 rings (SSSR count). The van der Waals surface area contributed by atoms with Crippen LogP contribution in [0.3, 0.4) is 0 Å². The van der Waals surface area contributed by atoms with Crippen LogP contribution in [-0.2, 0) is 11.3 Å². The SMILES string of the molecule is O=C(COc1ccc([C@@H]2N(Cc3ccccc3)c3ccccc3C(=O)N2c2ccccc2)cc1)Nc1ccccc1. The highest BCUT2D eigenvalue weighted by atomic mass is 16.5. The fourth-order valence-corrected chi connectivity index (χ4v) is 5.15. The molecule has 6 nitrogen and oxygen atoms in total. The summed E-state index contributed by atoms with van der Waals surface area (Å²) in [5.41, 5.74) is 5.14. The number of carbonyl (C=O) groups excluding carboxylic acids is 2. The van der Waals surface area contributed by atoms with Gasteiger partial charge in [0.2, 0.25) is 0 Å². The average molecular weight is 540 g/mol. The van der Waals surface area contributed by atoms with Crippen molar-refractivity contribution in [3.8, 4) is 5.75 Å². The van der Waals surface area contributed by atoms with Crippen LogP contribution in [0.1, 0.15) is 27.7 Å². The summed E-state index contributed by atoms with van der Waals surface area (Å²) in [6.07, 6.45) is -0.407. The maximum absolute atomic E-state index is 14.0. The van der Waals surface area contributed by atoms with Gasteiger partial charge in [-0.1, -0.05) is 91.0 Å². The van der Waals surface area contributed by atoms with E-state index >= 15 is 0 Å². The van der Waals surface area contributed by atoms with Gasteiger partial charge in [0.05, 0.1) is 11.3 Å². The standard InChI is InChI=1S/C35H29N3O3/c39-33(36-28-14-6-2-7-15-28)25-41-30-22-20-27(21-23-30)34-37(24-26-12-4-1-5-13-26)32-19-11-10-18-31(32)35(40)38(34)29-16-8-3-9-17-29/h1-23,34H,24-25H2,(H,36,39)/t34-/m1/s1. The summed E-state index contributed by atoms with van der Waals surface area (Å²) >= 11 is 0. The molecule has 6 heteroatoms. The van der Waals surface area contributed by atoms with E-state index in [0.29, 0.717) is 17.9 Å². The van der Waals surface area contributed by atoms with Gasteiger partial charge in [-0.25, -0.2) is 0 Å². The molecule has 5 aromatic rings. The molecule has 1 N–H and O–H groups in total. The second-order valence-corrected chi connectivity index (χ2v) is 9.79. The van der Waals surface area contributed by atoms with Crippen molar-refractivity contribution >= 4 is 28.9 Å². The van der Waals surface area contributed by atoms with Crippen LogP contribution in [0.15, 0.2) is 140 Å². The monoisotopic (exact) mass is 539 g/mol. The van der Waals surface area contributed by atoms with Crippen molar-refractivity contribution in [2.45, 2.75) is 12.7 Å². The minimum absolute atomic E-state index is 0.0565. The van der Waals surface area contributed by atoms with Gasteiger partial charge in [0.1, 0.15) is 11.9 Å². The number of para-hydroxylation sites is 3. The van der Waals surface area contributed by atoms with Crippen LogP contribution in [0.4, 0.5) is 17.1 Å². The molecule has 1 aliphatic rings. The molecule has 0 saturated carbocycles. The minimum Gasteiger partial charge on any atom is -0.484 e. The first kappa shape index (κ1) is 25.9. The average Bonchev–Trinajstić information content (AvgIpc) is 3.03. The number of amides is 2. The van der Waals surface area contributed by atoms with Gasteiger partial charge < -0.3 is 15.0 Å². The molecule has 41 heavy (non-hydrogen) atoms. The number of hydrogen-bond donors (Lipinski definition) is 1. The van der Waals surface area contributed by atoms with Crippen LogP contribution < -0.4 is 19.9 Å². The zero-order valence-electron chi connectivity index (χ0n) is 22.4. The fraction of sp³-hybridized carbons (Fsp3) is 0.0857. The molecule has 0 unspecified atom stereocenters. The Morgan fingerprint density at radius 3 is 2.02 bits per heavy atom. The molecule has 0 saturated heterocycles. The van der Waals surface area contributed by atoms with Crippen LogP contribution in [0, 0.1) is 0 Å². The van der Waals surface area contributed by atoms with Gasteiger partial charge in [-0.3, -0.25) is 14.5 Å². The molecule has 1 heterocycles. The van der Waals surface area contributed by atoms with Crippen molar-refractivity contribution in [3.05, 3.63) is 156 Å². The Bertz CT molecular complexity index is 1620. The first-order valence-electron chi connectivity index (χ1n) is 13.5. The van der Waals surface area contributed by atoms with Gasteiger partial charge in [0, 0.05) is 17.9 Å². The highest BCUT2D eigenvalue weighted by molar-refractivity contribution is 6.12. The molecule has 0 spiro atoms. The lowest BCUT2D eigenvalue weighted by atomic mass is 9.99. The van der Waals surface area contributed by atoms with Gasteiger partial charge in [-0.05, 0) is 59.7 Å². The smallest absolute Gasteiger partial charge is 0.262 e. The van der Waals surface area contributed by atoms with Crippen molar-refractivity contribution in [1.29, 1.82) is 0 Å². The van der Waals surface area contributed by atoms with E-state index in [0.717, 1.165) is 28.2 Å². The summed E-state index contributed by atoms with van der Waals surface area (Å²) in [5, 5.41) is 2.83. The zero-order chi connectivity index (χ0) is 28.0. The Balaban J connectivity index is 1.32. The molecule has 0 radical (unpaired) electrons. The molecule has 0 aliphatic carbocycles. The summed E-state index contributed by atoms with van der Waals surface area (Å²) in [7, 11) is 0. The number of ether oxygens (including phenoxy) is 1. The second-order valence-electron chi connectivity index (χ2n) is 9.79. The summed E-state index contributed by atoms with van der Waals surface area (Å²) in [6.45, 7) is 0.497. The number of fused-ring (bicyclic) bond motifs is 1. The Hall–Kier alpha value is -5.36. The lowest BCUT2D eigenvalue weighted by molar-refractivity contribution is -0.118. The van der Waals surface area contributed by atoms with E-state index < -0.39 is 6.17 Å². The Kier molecular flexibility index (Phi) is 7.45. The molecule has 5 aromatic carbocycles. The third kappa shape index (κ3) is 5.68. The maximum atomic E-state index is 14.0. The normalized spacial score (nSPS) is 14.3. The predicted molar refractivity (Wildman–Crippen MR) is 162 cm³/mol. The third-order valence-corrected chi connectivity index (χ3v) is 7.04. The largest absolute Gasteiger partial charge is 0.484 e. The van der Waals surface area contributed by atoms with Gasteiger partial charge in [0.25, 0.3) is 11.8 Å². The van der Waals surface area contributed by atoms with Crippen molar-refractivity contribution in [3.63, 3.8) is 0 Å². The zero-order valence-corrected chi connectivity index (χ0v) is 22.4. The molecular formula is C35H29N3O3. The molecule has 0 aromatic heterocycles. The first-order valence-corrected chi connectivity index (χ1v) is 13.5. The number of carbonyl (C=O) groups is 2. The van der Waals surface area contributed by atoms with Crippen LogP contribution in [0.5, 0.6) is 5.75 Å². The summed E-state index contributed by atoms with van der Waals surface area (Å²) in [6, 6.07) is 44.7. The number of hydrogen-bond acceptors (Lipinski definition) is 4. The van der Waals surface area contributed by atoms with Gasteiger partial charge in [-0.15, -0.1) is 0 Å². The number of rotatable bonds is 8. The predicted octanol–water partition coefficient (Wildman–Crippen LogP) is 7.07. The van der Waals surface area contributed by atoms with Crippen molar-refractivity contribution in [2.75, 3.05) is 21.7 Å². The number of anilines is 3. The van der Waals surface area contributed by atoms with Crippen molar-refractivity contribution in [2.24, 2.45) is 0 Å². The summed E-state index contributed by atoms with van der Waals surface area (Å²) < 4.78 is 5.79. The minimum atomic E-state index is -0.407. The number of benzene rings is 5. The van der Waals surface area contributed by atoms with Crippen LogP contribution in [-0.4, -0.2) is 18.4 Å². The quantitative estimate of drug-likeness (QED) is 0.229. The Labute approximate surface area is 239 Å². The molecule has 1 aliphatic heterocycles. The van der Waals surface area contributed by atoms with E-state index in [4.69, 9.17) is 4.74 Å². The summed E-state index contributed by atoms with van der Waals surface area (Å²) in [4.78, 5) is 30.5. The van der Waals surface area contributed by atoms with Crippen LogP contribution in [0.2, 0.25) is 0 Å². The van der Waals surface area contributed by atoms with E-state index in [-0.39, 0.29) is 18.4 Å². The van der Waals surface area contributed by atoms with E-state index in [9.17, 15) is 9.59 Å². The highest BCUT2D eigenvalue weighted by Crippen LogP contribution is 2.42. The Morgan fingerprint density at radius 2 is 1.32 bits per heavy atom. The lowest BCUT2D eigenvalue weighted by Crippen LogP contribution is -2.49. The lowest BCUT2D eigenvalue weighted by Gasteiger charge is -2.46. The van der Waals surface area contributed by atoms with Crippen molar-refractivity contribution in [1.82, 2.24) is 0 Å². The highest BCUT2D eigenvalue weighted by Gasteiger charge is 2.39. The topological polar surface area (TPSA) is 61.9 Å². The maximum Gasteiger partial charge on any atom is 0.262 e. The van der Waals surface area contributed by atoms with E-state index in [1.54, 1.807) is 0 Å². The Morgan fingerprint density at radius 1 is 0.707 bits per heavy atom. The van der Waals surface area contributed by atoms with Crippen LogP contribution >= 0.6 is 0 Å². The number of nitrogens with zero attached hydrogens (tertiary/aromatic N) is 2. The van der Waals surface area contributed by atoms with E-state index in [2.05, 4.69) is 22.3 Å². The van der Waals surface area contributed by atoms with E-state index in [1.165, 1.54) is 0 Å². The first-order chi connectivity index (χ1) is 20.2. The third-order valence-electron chi connectivity index (χ3n) is 7.04. The van der Waals surface area contributed by atoms with Gasteiger partial charge >= 0.3 is 0 Å². The van der Waals surface area contributed by atoms with Crippen molar-refractivity contribution < 1.29 is 14.3 Å². The molecular weight excluding hydrogens is 510 g/mol. The number of nitrogens with one attached hydrogen (secondary N) is 1. The molecule has 1 atom stereocenters. The molecule has 202 valence electrons. The van der Waals surface area contributed by atoms with Gasteiger partial charge in [0.15, 0.2) is 6.61 Å². The molecule has 0 fully saturated rings. The summed E-state index contributed by atoms with van der Waals surface area (Å²) in [5.74, 6) is 0.276. The van der Waals surface area contributed by atoms with Gasteiger partial charge in [-0.2, -0.15) is 0 Å². The second kappa shape index (κ2) is 11.8. The van der Waals surface area contributed by atoms with Crippen LogP contribution in [0.25, 0.3) is 0 Å². The molecule has 0 bridgehead atoms.